The Morgan fingerprint density at radius 2 is 1.73 bits per heavy atom. The van der Waals surface area contributed by atoms with Crippen LogP contribution in [0.4, 0.5) is 0 Å². The summed E-state index contributed by atoms with van der Waals surface area (Å²) in [6.07, 6.45) is 0.845. The molecule has 2 aromatic rings. The summed E-state index contributed by atoms with van der Waals surface area (Å²) in [6.45, 7) is 5.98. The van der Waals surface area contributed by atoms with Crippen molar-refractivity contribution in [3.05, 3.63) is 59.2 Å². The lowest BCUT2D eigenvalue weighted by atomic mass is 10.1. The predicted molar refractivity (Wildman–Crippen MR) is 132 cm³/mol. The van der Waals surface area contributed by atoms with E-state index in [0.29, 0.717) is 6.54 Å². The molecular formula is C21H31IN4O3S. The van der Waals surface area contributed by atoms with Gasteiger partial charge in [0.25, 0.3) is 0 Å². The van der Waals surface area contributed by atoms with Crippen LogP contribution in [0.5, 0.6) is 5.75 Å². The molecular weight excluding hydrogens is 515 g/mol. The van der Waals surface area contributed by atoms with Gasteiger partial charge in [-0.25, -0.2) is 18.1 Å². The number of aliphatic imine (C=N–C) groups is 1. The molecule has 0 spiro atoms. The summed E-state index contributed by atoms with van der Waals surface area (Å²) in [6, 6.07) is 12.9. The van der Waals surface area contributed by atoms with E-state index >= 15 is 0 Å². The van der Waals surface area contributed by atoms with Crippen LogP contribution >= 0.6 is 24.0 Å². The SMILES string of the molecule is CCNC(=NCc1ccc(S(=O)(=O)NC)cc1)NCCc1ccc(C)c(OC)c1.I. The van der Waals surface area contributed by atoms with E-state index < -0.39 is 10.0 Å². The minimum Gasteiger partial charge on any atom is -0.496 e. The quantitative estimate of drug-likeness (QED) is 0.256. The number of aryl methyl sites for hydroxylation is 1. The molecule has 0 aliphatic heterocycles. The molecule has 0 unspecified atom stereocenters. The van der Waals surface area contributed by atoms with Gasteiger partial charge in [0, 0.05) is 13.1 Å². The van der Waals surface area contributed by atoms with E-state index in [0.717, 1.165) is 42.3 Å². The molecule has 0 saturated carbocycles. The number of methoxy groups -OCH3 is 1. The first-order chi connectivity index (χ1) is 13.9. The lowest BCUT2D eigenvalue weighted by molar-refractivity contribution is 0.411. The Labute approximate surface area is 196 Å². The number of hydrogen-bond acceptors (Lipinski definition) is 4. The van der Waals surface area contributed by atoms with Crippen LogP contribution in [0.15, 0.2) is 52.4 Å². The van der Waals surface area contributed by atoms with E-state index in [1.165, 1.54) is 12.6 Å². The summed E-state index contributed by atoms with van der Waals surface area (Å²) in [5.41, 5.74) is 3.24. The van der Waals surface area contributed by atoms with E-state index in [1.807, 2.05) is 13.8 Å². The maximum atomic E-state index is 11.8. The fourth-order valence-electron chi connectivity index (χ4n) is 2.75. The fourth-order valence-corrected chi connectivity index (χ4v) is 3.48. The van der Waals surface area contributed by atoms with Crippen molar-refractivity contribution in [1.82, 2.24) is 15.4 Å². The molecule has 0 bridgehead atoms. The lowest BCUT2D eigenvalue weighted by Gasteiger charge is -2.12. The van der Waals surface area contributed by atoms with Crippen LogP contribution in [0.3, 0.4) is 0 Å². The third kappa shape index (κ3) is 7.77. The van der Waals surface area contributed by atoms with Gasteiger partial charge in [0.1, 0.15) is 5.75 Å². The molecule has 0 fully saturated rings. The maximum Gasteiger partial charge on any atom is 0.240 e. The molecule has 0 aliphatic carbocycles. The first-order valence-electron chi connectivity index (χ1n) is 9.57. The minimum absolute atomic E-state index is 0. The zero-order valence-corrected chi connectivity index (χ0v) is 21.0. The zero-order valence-electron chi connectivity index (χ0n) is 17.9. The lowest BCUT2D eigenvalue weighted by Crippen LogP contribution is -2.38. The summed E-state index contributed by atoms with van der Waals surface area (Å²) >= 11 is 0. The zero-order chi connectivity index (χ0) is 21.3. The molecule has 0 amide bonds. The van der Waals surface area contributed by atoms with Crippen LogP contribution < -0.4 is 20.1 Å². The average molecular weight is 546 g/mol. The maximum absolute atomic E-state index is 11.8. The summed E-state index contributed by atoms with van der Waals surface area (Å²) in [5, 5.41) is 6.55. The number of nitrogens with one attached hydrogen (secondary N) is 3. The van der Waals surface area contributed by atoms with Gasteiger partial charge in [0.05, 0.1) is 18.6 Å². The molecule has 2 rings (SSSR count). The smallest absolute Gasteiger partial charge is 0.240 e. The predicted octanol–water partition coefficient (Wildman–Crippen LogP) is 2.83. The van der Waals surface area contributed by atoms with Gasteiger partial charge in [-0.05, 0) is 62.2 Å². The Hall–Kier alpha value is -1.85. The average Bonchev–Trinajstić information content (AvgIpc) is 2.73. The van der Waals surface area contributed by atoms with E-state index in [4.69, 9.17) is 4.74 Å². The number of benzene rings is 2. The second-order valence-corrected chi connectivity index (χ2v) is 8.41. The molecule has 0 heterocycles. The third-order valence-electron chi connectivity index (χ3n) is 4.44. The summed E-state index contributed by atoms with van der Waals surface area (Å²) in [4.78, 5) is 4.82. The van der Waals surface area contributed by atoms with Crippen LogP contribution in [-0.2, 0) is 23.0 Å². The van der Waals surface area contributed by atoms with E-state index in [-0.39, 0.29) is 28.9 Å². The molecule has 166 valence electrons. The number of ether oxygens (including phenoxy) is 1. The van der Waals surface area contributed by atoms with Gasteiger partial charge in [-0.15, -0.1) is 24.0 Å². The normalized spacial score (nSPS) is 11.5. The summed E-state index contributed by atoms with van der Waals surface area (Å²) in [7, 11) is -0.342. The van der Waals surface area contributed by atoms with Crippen molar-refractivity contribution < 1.29 is 13.2 Å². The fraction of sp³-hybridized carbons (Fsp3) is 0.381. The topological polar surface area (TPSA) is 91.8 Å². The van der Waals surface area contributed by atoms with Crippen LogP contribution in [0, 0.1) is 6.92 Å². The van der Waals surface area contributed by atoms with Gasteiger partial charge in [-0.1, -0.05) is 24.3 Å². The molecule has 2 aromatic carbocycles. The van der Waals surface area contributed by atoms with Crippen molar-refractivity contribution in [3.63, 3.8) is 0 Å². The van der Waals surface area contributed by atoms with Crippen molar-refractivity contribution in [2.75, 3.05) is 27.2 Å². The van der Waals surface area contributed by atoms with Crippen molar-refractivity contribution in [3.8, 4) is 5.75 Å². The highest BCUT2D eigenvalue weighted by atomic mass is 127. The third-order valence-corrected chi connectivity index (χ3v) is 5.88. The van der Waals surface area contributed by atoms with E-state index in [9.17, 15) is 8.42 Å². The summed E-state index contributed by atoms with van der Waals surface area (Å²) in [5.74, 6) is 1.62. The molecule has 7 nitrogen and oxygen atoms in total. The van der Waals surface area contributed by atoms with Crippen LogP contribution in [0.25, 0.3) is 0 Å². The molecule has 9 heteroatoms. The van der Waals surface area contributed by atoms with Crippen LogP contribution in [0.1, 0.15) is 23.6 Å². The number of rotatable bonds is 9. The Balaban J connectivity index is 0.00000450. The molecule has 0 atom stereocenters. The van der Waals surface area contributed by atoms with Crippen LogP contribution in [-0.4, -0.2) is 41.6 Å². The van der Waals surface area contributed by atoms with Crippen LogP contribution in [0.2, 0.25) is 0 Å². The number of halogens is 1. The Bertz CT molecular complexity index is 932. The van der Waals surface area contributed by atoms with Gasteiger partial charge < -0.3 is 15.4 Å². The molecule has 30 heavy (non-hydrogen) atoms. The van der Waals surface area contributed by atoms with Crippen molar-refractivity contribution in [2.45, 2.75) is 31.7 Å². The van der Waals surface area contributed by atoms with Gasteiger partial charge in [0.2, 0.25) is 10.0 Å². The number of hydrogen-bond donors (Lipinski definition) is 3. The molecule has 0 aliphatic rings. The highest BCUT2D eigenvalue weighted by Gasteiger charge is 2.10. The van der Waals surface area contributed by atoms with Gasteiger partial charge in [-0.3, -0.25) is 0 Å². The Morgan fingerprint density at radius 1 is 1.07 bits per heavy atom. The molecule has 0 saturated heterocycles. The highest BCUT2D eigenvalue weighted by Crippen LogP contribution is 2.19. The minimum atomic E-state index is -3.42. The first kappa shape index (κ1) is 26.2. The van der Waals surface area contributed by atoms with Crippen molar-refractivity contribution in [2.24, 2.45) is 4.99 Å². The Morgan fingerprint density at radius 3 is 2.33 bits per heavy atom. The number of sulfonamides is 1. The Kier molecular flexibility index (Phi) is 11.1. The number of guanidine groups is 1. The second-order valence-electron chi connectivity index (χ2n) is 6.53. The summed E-state index contributed by atoms with van der Waals surface area (Å²) < 4.78 is 31.3. The first-order valence-corrected chi connectivity index (χ1v) is 11.1. The van der Waals surface area contributed by atoms with Crippen molar-refractivity contribution >= 4 is 40.0 Å². The van der Waals surface area contributed by atoms with Crippen molar-refractivity contribution in [1.29, 1.82) is 0 Å². The van der Waals surface area contributed by atoms with E-state index in [2.05, 4.69) is 38.5 Å². The monoisotopic (exact) mass is 546 g/mol. The molecule has 0 radical (unpaired) electrons. The van der Waals surface area contributed by atoms with Gasteiger partial charge >= 0.3 is 0 Å². The van der Waals surface area contributed by atoms with E-state index in [1.54, 1.807) is 31.4 Å². The van der Waals surface area contributed by atoms with Gasteiger partial charge in [0.15, 0.2) is 5.96 Å². The number of nitrogens with zero attached hydrogens (tertiary/aromatic N) is 1. The van der Waals surface area contributed by atoms with Gasteiger partial charge in [-0.2, -0.15) is 0 Å². The molecule has 3 N–H and O–H groups in total. The largest absolute Gasteiger partial charge is 0.496 e. The second kappa shape index (κ2) is 12.8. The molecule has 0 aromatic heterocycles. The highest BCUT2D eigenvalue weighted by molar-refractivity contribution is 14.0. The standard InChI is InChI=1S/C21H30N4O3S.HI/c1-5-23-21(24-13-12-17-7-6-16(2)20(14-17)28-4)25-15-18-8-10-19(11-9-18)29(26,27)22-3;/h6-11,14,22H,5,12-13,15H2,1-4H3,(H2,23,24,25);1H.